The van der Waals surface area contributed by atoms with Crippen LogP contribution >= 0.6 is 11.3 Å². The van der Waals surface area contributed by atoms with Crippen LogP contribution in [0.4, 0.5) is 0 Å². The summed E-state index contributed by atoms with van der Waals surface area (Å²) in [5.41, 5.74) is 4.05. The molecule has 0 saturated carbocycles. The number of hydrogen-bond acceptors (Lipinski definition) is 3. The minimum absolute atomic E-state index is 0.00817. The van der Waals surface area contributed by atoms with Gasteiger partial charge in [0.05, 0.1) is 0 Å². The van der Waals surface area contributed by atoms with Gasteiger partial charge in [0, 0.05) is 34.4 Å². The molecule has 108 valence electrons. The van der Waals surface area contributed by atoms with Crippen LogP contribution in [0.2, 0.25) is 0 Å². The average molecular weight is 298 g/mol. The van der Waals surface area contributed by atoms with E-state index in [-0.39, 0.29) is 5.56 Å². The lowest BCUT2D eigenvalue weighted by atomic mass is 10.0. The number of thiophene rings is 1. The standard InChI is InChI=1S/C17H18N2OS/c1-11-6-12(2)15-8-13(17(20)19-16(15)7-11)9-18-10-14-4-3-5-21-14/h3-8,18H,9-10H2,1-2H3,(H,19,20). The lowest BCUT2D eigenvalue weighted by molar-refractivity contribution is 0.696. The number of nitrogens with one attached hydrogen (secondary N) is 2. The first kappa shape index (κ1) is 14.0. The molecule has 0 aliphatic heterocycles. The Balaban J connectivity index is 1.85. The lowest BCUT2D eigenvalue weighted by Crippen LogP contribution is -2.20. The number of rotatable bonds is 4. The number of aryl methyl sites for hydroxylation is 2. The molecule has 2 N–H and O–H groups in total. The summed E-state index contributed by atoms with van der Waals surface area (Å²) in [7, 11) is 0. The number of aromatic amines is 1. The van der Waals surface area contributed by atoms with E-state index in [1.54, 1.807) is 11.3 Å². The SMILES string of the molecule is Cc1cc(C)c2cc(CNCc3cccs3)c(=O)[nH]c2c1. The van der Waals surface area contributed by atoms with Crippen LogP contribution in [0.5, 0.6) is 0 Å². The van der Waals surface area contributed by atoms with Gasteiger partial charge in [-0.15, -0.1) is 11.3 Å². The minimum Gasteiger partial charge on any atom is -0.322 e. The Morgan fingerprint density at radius 1 is 1.19 bits per heavy atom. The molecule has 21 heavy (non-hydrogen) atoms. The van der Waals surface area contributed by atoms with Crippen molar-refractivity contribution in [3.8, 4) is 0 Å². The summed E-state index contributed by atoms with van der Waals surface area (Å²) in [6.07, 6.45) is 0. The van der Waals surface area contributed by atoms with Crippen LogP contribution in [0.1, 0.15) is 21.6 Å². The second-order valence-corrected chi connectivity index (χ2v) is 6.38. The lowest BCUT2D eigenvalue weighted by Gasteiger charge is -2.08. The third kappa shape index (κ3) is 3.06. The number of benzene rings is 1. The molecule has 3 nitrogen and oxygen atoms in total. The summed E-state index contributed by atoms with van der Waals surface area (Å²) in [4.78, 5) is 16.4. The largest absolute Gasteiger partial charge is 0.322 e. The van der Waals surface area contributed by atoms with Crippen molar-refractivity contribution < 1.29 is 0 Å². The normalized spacial score (nSPS) is 11.1. The second-order valence-electron chi connectivity index (χ2n) is 5.35. The number of fused-ring (bicyclic) bond motifs is 1. The van der Waals surface area contributed by atoms with Gasteiger partial charge in [-0.1, -0.05) is 12.1 Å². The van der Waals surface area contributed by atoms with Crippen LogP contribution in [0.3, 0.4) is 0 Å². The molecule has 0 atom stereocenters. The Morgan fingerprint density at radius 3 is 2.81 bits per heavy atom. The second kappa shape index (κ2) is 5.84. The molecule has 1 aromatic carbocycles. The smallest absolute Gasteiger partial charge is 0.252 e. The zero-order chi connectivity index (χ0) is 14.8. The van der Waals surface area contributed by atoms with Crippen molar-refractivity contribution in [3.05, 3.63) is 67.6 Å². The van der Waals surface area contributed by atoms with E-state index >= 15 is 0 Å². The van der Waals surface area contributed by atoms with Gasteiger partial charge in [-0.3, -0.25) is 4.79 Å². The van der Waals surface area contributed by atoms with Gasteiger partial charge in [0.25, 0.3) is 5.56 Å². The molecule has 2 heterocycles. The van der Waals surface area contributed by atoms with Crippen molar-refractivity contribution in [2.45, 2.75) is 26.9 Å². The maximum atomic E-state index is 12.2. The molecule has 0 amide bonds. The predicted octanol–water partition coefficient (Wildman–Crippen LogP) is 3.50. The van der Waals surface area contributed by atoms with Gasteiger partial charge in [0.2, 0.25) is 0 Å². The van der Waals surface area contributed by atoms with Crippen molar-refractivity contribution in [3.63, 3.8) is 0 Å². The van der Waals surface area contributed by atoms with Gasteiger partial charge in [0.15, 0.2) is 0 Å². The summed E-state index contributed by atoms with van der Waals surface area (Å²) in [6.45, 7) is 5.50. The first-order valence-electron chi connectivity index (χ1n) is 7.00. The van der Waals surface area contributed by atoms with Crippen LogP contribution in [0.15, 0.2) is 40.5 Å². The monoisotopic (exact) mass is 298 g/mol. The van der Waals surface area contributed by atoms with Crippen LogP contribution in [-0.2, 0) is 13.1 Å². The van der Waals surface area contributed by atoms with E-state index in [0.29, 0.717) is 6.54 Å². The van der Waals surface area contributed by atoms with Crippen molar-refractivity contribution in [1.29, 1.82) is 0 Å². The Morgan fingerprint density at radius 2 is 2.05 bits per heavy atom. The van der Waals surface area contributed by atoms with Gasteiger partial charge in [-0.2, -0.15) is 0 Å². The number of hydrogen-bond donors (Lipinski definition) is 2. The van der Waals surface area contributed by atoms with Crippen molar-refractivity contribution in [1.82, 2.24) is 10.3 Å². The summed E-state index contributed by atoms with van der Waals surface area (Å²) in [6, 6.07) is 10.3. The number of H-pyrrole nitrogens is 1. The molecule has 0 saturated heterocycles. The molecule has 0 radical (unpaired) electrons. The highest BCUT2D eigenvalue weighted by Crippen LogP contribution is 2.18. The fourth-order valence-electron chi connectivity index (χ4n) is 2.58. The first-order valence-corrected chi connectivity index (χ1v) is 7.88. The highest BCUT2D eigenvalue weighted by atomic mass is 32.1. The molecule has 3 aromatic rings. The zero-order valence-electron chi connectivity index (χ0n) is 12.2. The van der Waals surface area contributed by atoms with Gasteiger partial charge >= 0.3 is 0 Å². The molecule has 0 aliphatic rings. The highest BCUT2D eigenvalue weighted by molar-refractivity contribution is 7.09. The topological polar surface area (TPSA) is 44.9 Å². The number of aromatic nitrogens is 1. The van der Waals surface area contributed by atoms with E-state index in [1.807, 2.05) is 25.1 Å². The Kier molecular flexibility index (Phi) is 3.90. The van der Waals surface area contributed by atoms with Gasteiger partial charge in [-0.05, 0) is 48.6 Å². The fraction of sp³-hybridized carbons (Fsp3) is 0.235. The maximum absolute atomic E-state index is 12.2. The van der Waals surface area contributed by atoms with Crippen LogP contribution in [0.25, 0.3) is 10.9 Å². The van der Waals surface area contributed by atoms with Crippen molar-refractivity contribution >= 4 is 22.2 Å². The molecule has 0 bridgehead atoms. The van der Waals surface area contributed by atoms with E-state index in [1.165, 1.54) is 16.0 Å². The molecule has 2 aromatic heterocycles. The highest BCUT2D eigenvalue weighted by Gasteiger charge is 2.05. The van der Waals surface area contributed by atoms with Crippen LogP contribution < -0.4 is 10.9 Å². The van der Waals surface area contributed by atoms with E-state index in [2.05, 4.69) is 34.7 Å². The molecule has 4 heteroatoms. The van der Waals surface area contributed by atoms with Crippen LogP contribution in [-0.4, -0.2) is 4.98 Å². The Bertz CT molecular complexity index is 819. The molecular formula is C17H18N2OS. The Labute approximate surface area is 127 Å². The summed E-state index contributed by atoms with van der Waals surface area (Å²) >= 11 is 1.72. The Hall–Kier alpha value is -1.91. The molecule has 0 unspecified atom stereocenters. The maximum Gasteiger partial charge on any atom is 0.252 e. The third-order valence-electron chi connectivity index (χ3n) is 3.58. The molecule has 3 rings (SSSR count). The molecule has 0 fully saturated rings. The van der Waals surface area contributed by atoms with Gasteiger partial charge < -0.3 is 10.3 Å². The van der Waals surface area contributed by atoms with Crippen molar-refractivity contribution in [2.75, 3.05) is 0 Å². The van der Waals surface area contributed by atoms with E-state index < -0.39 is 0 Å². The minimum atomic E-state index is -0.00817. The summed E-state index contributed by atoms with van der Waals surface area (Å²) < 4.78 is 0. The first-order chi connectivity index (χ1) is 10.1. The van der Waals surface area contributed by atoms with E-state index in [9.17, 15) is 4.79 Å². The quantitative estimate of drug-likeness (QED) is 0.774. The summed E-state index contributed by atoms with van der Waals surface area (Å²) in [5.74, 6) is 0. The van der Waals surface area contributed by atoms with Gasteiger partial charge in [-0.25, -0.2) is 0 Å². The van der Waals surface area contributed by atoms with Crippen molar-refractivity contribution in [2.24, 2.45) is 0 Å². The molecule has 0 aliphatic carbocycles. The fourth-order valence-corrected chi connectivity index (χ4v) is 3.26. The van der Waals surface area contributed by atoms with Gasteiger partial charge in [0.1, 0.15) is 0 Å². The molecular weight excluding hydrogens is 280 g/mol. The van der Waals surface area contributed by atoms with E-state index in [4.69, 9.17) is 0 Å². The van der Waals surface area contributed by atoms with Crippen LogP contribution in [0, 0.1) is 13.8 Å². The number of pyridine rings is 1. The van der Waals surface area contributed by atoms with E-state index in [0.717, 1.165) is 23.0 Å². The average Bonchev–Trinajstić information content (AvgIpc) is 2.93. The predicted molar refractivity (Wildman–Crippen MR) is 88.9 cm³/mol. The third-order valence-corrected chi connectivity index (χ3v) is 4.46. The summed E-state index contributed by atoms with van der Waals surface area (Å²) in [5, 5.41) is 6.51. The zero-order valence-corrected chi connectivity index (χ0v) is 13.0. The molecule has 0 spiro atoms.